The van der Waals surface area contributed by atoms with Crippen LogP contribution in [-0.4, -0.2) is 26.9 Å². The predicted octanol–water partition coefficient (Wildman–Crippen LogP) is 3.14. The molecule has 100 valence electrons. The number of ether oxygens (including phenoxy) is 2. The Morgan fingerprint density at radius 1 is 1.56 bits per heavy atom. The molecule has 0 bridgehead atoms. The standard InChI is InChI=1S/C14H20BrNO2/c1-10(16-2)13-4-3-12(7-14(13)15)18-9-11-5-6-17-8-11/h3-4,7,10-11,16H,5-6,8-9H2,1-2H3. The van der Waals surface area contributed by atoms with Crippen molar-refractivity contribution in [1.82, 2.24) is 5.32 Å². The fourth-order valence-corrected chi connectivity index (χ4v) is 2.73. The van der Waals surface area contributed by atoms with E-state index in [1.54, 1.807) is 0 Å². The van der Waals surface area contributed by atoms with Crippen molar-refractivity contribution >= 4 is 15.9 Å². The molecule has 3 nitrogen and oxygen atoms in total. The van der Waals surface area contributed by atoms with Gasteiger partial charge in [0.15, 0.2) is 0 Å². The third-order valence-corrected chi connectivity index (χ3v) is 4.07. The van der Waals surface area contributed by atoms with E-state index in [0.29, 0.717) is 12.0 Å². The highest BCUT2D eigenvalue weighted by atomic mass is 79.9. The number of halogens is 1. The molecule has 2 atom stereocenters. The van der Waals surface area contributed by atoms with Crippen LogP contribution in [0.1, 0.15) is 24.9 Å². The Morgan fingerprint density at radius 2 is 2.39 bits per heavy atom. The Morgan fingerprint density at radius 3 is 3.00 bits per heavy atom. The van der Waals surface area contributed by atoms with Crippen molar-refractivity contribution in [3.8, 4) is 5.75 Å². The lowest BCUT2D eigenvalue weighted by molar-refractivity contribution is 0.167. The molecule has 18 heavy (non-hydrogen) atoms. The Kier molecular flexibility index (Phi) is 5.03. The zero-order chi connectivity index (χ0) is 13.0. The van der Waals surface area contributed by atoms with Crippen LogP contribution < -0.4 is 10.1 Å². The molecule has 0 radical (unpaired) electrons. The lowest BCUT2D eigenvalue weighted by atomic mass is 10.1. The van der Waals surface area contributed by atoms with Crippen molar-refractivity contribution in [3.05, 3.63) is 28.2 Å². The highest BCUT2D eigenvalue weighted by molar-refractivity contribution is 9.10. The SMILES string of the molecule is CNC(C)c1ccc(OCC2CCOC2)cc1Br. The van der Waals surface area contributed by atoms with Crippen LogP contribution in [0.2, 0.25) is 0 Å². The summed E-state index contributed by atoms with van der Waals surface area (Å²) in [5.41, 5.74) is 1.24. The fourth-order valence-electron chi connectivity index (χ4n) is 2.03. The van der Waals surface area contributed by atoms with Gasteiger partial charge in [-0.2, -0.15) is 0 Å². The van der Waals surface area contributed by atoms with E-state index >= 15 is 0 Å². The molecular weight excluding hydrogens is 294 g/mol. The van der Waals surface area contributed by atoms with Gasteiger partial charge in [0.05, 0.1) is 13.2 Å². The van der Waals surface area contributed by atoms with E-state index in [1.807, 2.05) is 19.2 Å². The molecule has 0 aromatic heterocycles. The molecule has 1 aliphatic rings. The summed E-state index contributed by atoms with van der Waals surface area (Å²) in [6.45, 7) is 4.58. The number of hydrogen-bond acceptors (Lipinski definition) is 3. The maximum atomic E-state index is 5.81. The average molecular weight is 314 g/mol. The van der Waals surface area contributed by atoms with E-state index in [9.17, 15) is 0 Å². The summed E-state index contributed by atoms with van der Waals surface area (Å²) in [6, 6.07) is 6.51. The van der Waals surface area contributed by atoms with Crippen molar-refractivity contribution in [2.75, 3.05) is 26.9 Å². The molecule has 1 fully saturated rings. The van der Waals surface area contributed by atoms with Crippen molar-refractivity contribution in [2.45, 2.75) is 19.4 Å². The first-order chi connectivity index (χ1) is 8.70. The van der Waals surface area contributed by atoms with Crippen LogP contribution in [0.4, 0.5) is 0 Å². The third kappa shape index (κ3) is 3.46. The Balaban J connectivity index is 1.95. The highest BCUT2D eigenvalue weighted by Crippen LogP contribution is 2.28. The van der Waals surface area contributed by atoms with Crippen LogP contribution in [-0.2, 0) is 4.74 Å². The monoisotopic (exact) mass is 313 g/mol. The molecule has 2 unspecified atom stereocenters. The Hall–Kier alpha value is -0.580. The second-order valence-electron chi connectivity index (χ2n) is 4.73. The van der Waals surface area contributed by atoms with E-state index in [2.05, 4.69) is 34.2 Å². The molecule has 0 amide bonds. The molecule has 1 aromatic carbocycles. The summed E-state index contributed by atoms with van der Waals surface area (Å²) in [5, 5.41) is 3.23. The van der Waals surface area contributed by atoms with Crippen molar-refractivity contribution in [2.24, 2.45) is 5.92 Å². The van der Waals surface area contributed by atoms with Gasteiger partial charge in [-0.1, -0.05) is 22.0 Å². The highest BCUT2D eigenvalue weighted by Gasteiger charge is 2.16. The summed E-state index contributed by atoms with van der Waals surface area (Å²) in [7, 11) is 1.96. The van der Waals surface area contributed by atoms with E-state index in [0.717, 1.165) is 36.5 Å². The first kappa shape index (κ1) is 13.8. The van der Waals surface area contributed by atoms with Crippen LogP contribution >= 0.6 is 15.9 Å². The normalized spacial score (nSPS) is 20.9. The topological polar surface area (TPSA) is 30.5 Å². The first-order valence-electron chi connectivity index (χ1n) is 6.38. The van der Waals surface area contributed by atoms with E-state index in [4.69, 9.17) is 9.47 Å². The van der Waals surface area contributed by atoms with E-state index in [1.165, 1.54) is 5.56 Å². The first-order valence-corrected chi connectivity index (χ1v) is 7.17. The molecule has 1 saturated heterocycles. The summed E-state index contributed by atoms with van der Waals surface area (Å²) in [5.74, 6) is 1.46. The Labute approximate surface area is 117 Å². The smallest absolute Gasteiger partial charge is 0.120 e. The number of nitrogens with one attached hydrogen (secondary N) is 1. The molecule has 1 aliphatic heterocycles. The summed E-state index contributed by atoms with van der Waals surface area (Å²) in [6.07, 6.45) is 1.11. The van der Waals surface area contributed by atoms with Gasteiger partial charge in [-0.05, 0) is 38.1 Å². The minimum atomic E-state index is 0.330. The van der Waals surface area contributed by atoms with Crippen LogP contribution in [0.15, 0.2) is 22.7 Å². The Bertz CT molecular complexity index is 391. The zero-order valence-electron chi connectivity index (χ0n) is 10.9. The van der Waals surface area contributed by atoms with Gasteiger partial charge in [-0.15, -0.1) is 0 Å². The van der Waals surface area contributed by atoms with Crippen LogP contribution in [0.5, 0.6) is 5.75 Å². The number of rotatable bonds is 5. The molecule has 0 aliphatic carbocycles. The van der Waals surface area contributed by atoms with Gasteiger partial charge >= 0.3 is 0 Å². The van der Waals surface area contributed by atoms with Gasteiger partial charge < -0.3 is 14.8 Å². The maximum absolute atomic E-state index is 5.81. The predicted molar refractivity (Wildman–Crippen MR) is 76.0 cm³/mol. The average Bonchev–Trinajstić information content (AvgIpc) is 2.88. The second-order valence-corrected chi connectivity index (χ2v) is 5.59. The molecule has 1 aromatic rings. The number of benzene rings is 1. The van der Waals surface area contributed by atoms with Crippen molar-refractivity contribution in [3.63, 3.8) is 0 Å². The van der Waals surface area contributed by atoms with Crippen LogP contribution in [0.3, 0.4) is 0 Å². The number of hydrogen-bond donors (Lipinski definition) is 1. The molecule has 2 rings (SSSR count). The molecule has 1 heterocycles. The molecule has 4 heteroatoms. The maximum Gasteiger partial charge on any atom is 0.120 e. The molecular formula is C14H20BrNO2. The van der Waals surface area contributed by atoms with E-state index < -0.39 is 0 Å². The van der Waals surface area contributed by atoms with Crippen LogP contribution in [0.25, 0.3) is 0 Å². The summed E-state index contributed by atoms with van der Waals surface area (Å²) >= 11 is 3.60. The van der Waals surface area contributed by atoms with Crippen LogP contribution in [0, 0.1) is 5.92 Å². The van der Waals surface area contributed by atoms with Gasteiger partial charge in [0.2, 0.25) is 0 Å². The van der Waals surface area contributed by atoms with Gasteiger partial charge in [-0.3, -0.25) is 0 Å². The second kappa shape index (κ2) is 6.55. The van der Waals surface area contributed by atoms with Gasteiger partial charge in [-0.25, -0.2) is 0 Å². The van der Waals surface area contributed by atoms with Gasteiger partial charge in [0, 0.05) is 23.0 Å². The summed E-state index contributed by atoms with van der Waals surface area (Å²) in [4.78, 5) is 0. The minimum absolute atomic E-state index is 0.330. The molecule has 0 spiro atoms. The third-order valence-electron chi connectivity index (χ3n) is 3.38. The largest absolute Gasteiger partial charge is 0.493 e. The van der Waals surface area contributed by atoms with Gasteiger partial charge in [0.25, 0.3) is 0 Å². The summed E-state index contributed by atoms with van der Waals surface area (Å²) < 4.78 is 12.2. The lowest BCUT2D eigenvalue weighted by Gasteiger charge is -2.15. The van der Waals surface area contributed by atoms with Crippen molar-refractivity contribution < 1.29 is 9.47 Å². The van der Waals surface area contributed by atoms with Gasteiger partial charge in [0.1, 0.15) is 5.75 Å². The quantitative estimate of drug-likeness (QED) is 0.906. The molecule has 1 N–H and O–H groups in total. The minimum Gasteiger partial charge on any atom is -0.493 e. The van der Waals surface area contributed by atoms with E-state index in [-0.39, 0.29) is 0 Å². The fraction of sp³-hybridized carbons (Fsp3) is 0.571. The lowest BCUT2D eigenvalue weighted by Crippen LogP contribution is -2.13. The molecule has 0 saturated carbocycles. The zero-order valence-corrected chi connectivity index (χ0v) is 12.5. The van der Waals surface area contributed by atoms with Crippen molar-refractivity contribution in [1.29, 1.82) is 0 Å².